The predicted molar refractivity (Wildman–Crippen MR) is 65.5 cm³/mol. The summed E-state index contributed by atoms with van der Waals surface area (Å²) in [6, 6.07) is -0.859. The zero-order chi connectivity index (χ0) is 13.0. The summed E-state index contributed by atoms with van der Waals surface area (Å²) in [5, 5.41) is 14.2. The van der Waals surface area contributed by atoms with E-state index in [9.17, 15) is 9.59 Å². The standard InChI is InChI=1S/C10H15N3O3S/c1-5(4-8(14)15)11-9(16)13-10-12-6(2)7(3)17-10/h5H,4H2,1-3H3,(H,14,15)(H2,11,12,13,16). The second-order valence-corrected chi connectivity index (χ2v) is 4.96. The van der Waals surface area contributed by atoms with Gasteiger partial charge in [-0.15, -0.1) is 11.3 Å². The number of amides is 2. The Balaban J connectivity index is 2.47. The van der Waals surface area contributed by atoms with Gasteiger partial charge in [-0.1, -0.05) is 0 Å². The molecule has 1 aromatic rings. The molecule has 1 unspecified atom stereocenters. The highest BCUT2D eigenvalue weighted by Gasteiger charge is 2.12. The van der Waals surface area contributed by atoms with Gasteiger partial charge in [-0.25, -0.2) is 9.78 Å². The molecule has 0 bridgehead atoms. The highest BCUT2D eigenvalue weighted by molar-refractivity contribution is 7.15. The van der Waals surface area contributed by atoms with Gasteiger partial charge < -0.3 is 10.4 Å². The third-order valence-corrected chi connectivity index (χ3v) is 3.10. The van der Waals surface area contributed by atoms with Crippen LogP contribution in [0.3, 0.4) is 0 Å². The fraction of sp³-hybridized carbons (Fsp3) is 0.500. The van der Waals surface area contributed by atoms with E-state index < -0.39 is 18.0 Å². The number of aromatic nitrogens is 1. The summed E-state index contributed by atoms with van der Waals surface area (Å²) in [6.07, 6.45) is -0.108. The molecule has 0 aromatic carbocycles. The summed E-state index contributed by atoms with van der Waals surface area (Å²) < 4.78 is 0. The Labute approximate surface area is 103 Å². The summed E-state index contributed by atoms with van der Waals surface area (Å²) in [5.74, 6) is -0.946. The maximum absolute atomic E-state index is 11.5. The van der Waals surface area contributed by atoms with Gasteiger partial charge >= 0.3 is 12.0 Å². The van der Waals surface area contributed by atoms with Crippen molar-refractivity contribution in [1.82, 2.24) is 10.3 Å². The third kappa shape index (κ3) is 4.39. The van der Waals surface area contributed by atoms with E-state index in [0.717, 1.165) is 10.6 Å². The second kappa shape index (κ2) is 5.62. The van der Waals surface area contributed by atoms with Crippen LogP contribution in [-0.2, 0) is 4.79 Å². The number of anilines is 1. The fourth-order valence-electron chi connectivity index (χ4n) is 1.20. The molecule has 0 saturated carbocycles. The highest BCUT2D eigenvalue weighted by Crippen LogP contribution is 2.20. The molecular weight excluding hydrogens is 242 g/mol. The molecule has 2 amide bonds. The third-order valence-electron chi connectivity index (χ3n) is 2.11. The van der Waals surface area contributed by atoms with Crippen molar-refractivity contribution in [3.05, 3.63) is 10.6 Å². The van der Waals surface area contributed by atoms with E-state index in [1.165, 1.54) is 11.3 Å². The summed E-state index contributed by atoms with van der Waals surface area (Å²) in [6.45, 7) is 5.41. The molecule has 0 spiro atoms. The number of urea groups is 1. The molecule has 7 heteroatoms. The summed E-state index contributed by atoms with van der Waals surface area (Å²) in [7, 11) is 0. The zero-order valence-electron chi connectivity index (χ0n) is 9.90. The van der Waals surface area contributed by atoms with Gasteiger partial charge in [0.1, 0.15) is 0 Å². The summed E-state index contributed by atoms with van der Waals surface area (Å²) in [4.78, 5) is 27.1. The number of hydrogen-bond acceptors (Lipinski definition) is 4. The minimum Gasteiger partial charge on any atom is -0.481 e. The quantitative estimate of drug-likeness (QED) is 0.766. The maximum Gasteiger partial charge on any atom is 0.321 e. The topological polar surface area (TPSA) is 91.3 Å². The van der Waals surface area contributed by atoms with E-state index in [4.69, 9.17) is 5.11 Å². The van der Waals surface area contributed by atoms with Crippen molar-refractivity contribution >= 4 is 28.5 Å². The number of carbonyl (C=O) groups excluding carboxylic acids is 1. The number of carboxylic acids is 1. The first-order valence-corrected chi connectivity index (χ1v) is 5.93. The lowest BCUT2D eigenvalue weighted by Gasteiger charge is -2.11. The van der Waals surface area contributed by atoms with Gasteiger partial charge in [0.25, 0.3) is 0 Å². The van der Waals surface area contributed by atoms with Crippen molar-refractivity contribution in [2.75, 3.05) is 5.32 Å². The van der Waals surface area contributed by atoms with Crippen molar-refractivity contribution in [2.45, 2.75) is 33.2 Å². The van der Waals surface area contributed by atoms with E-state index in [-0.39, 0.29) is 6.42 Å². The van der Waals surface area contributed by atoms with Gasteiger partial charge in [-0.2, -0.15) is 0 Å². The van der Waals surface area contributed by atoms with E-state index >= 15 is 0 Å². The number of carboxylic acid groups (broad SMARTS) is 1. The predicted octanol–water partition coefficient (Wildman–Crippen LogP) is 1.74. The molecule has 0 aliphatic heterocycles. The van der Waals surface area contributed by atoms with Crippen LogP contribution in [0.1, 0.15) is 23.9 Å². The number of nitrogens with zero attached hydrogens (tertiary/aromatic N) is 1. The molecule has 3 N–H and O–H groups in total. The summed E-state index contributed by atoms with van der Waals surface area (Å²) in [5.41, 5.74) is 0.879. The van der Waals surface area contributed by atoms with Gasteiger partial charge in [0.15, 0.2) is 5.13 Å². The number of rotatable bonds is 4. The highest BCUT2D eigenvalue weighted by atomic mass is 32.1. The Hall–Kier alpha value is -1.63. The molecule has 0 radical (unpaired) electrons. The first-order valence-electron chi connectivity index (χ1n) is 5.12. The lowest BCUT2D eigenvalue weighted by Crippen LogP contribution is -2.37. The Kier molecular flexibility index (Phi) is 4.45. The molecule has 94 valence electrons. The van der Waals surface area contributed by atoms with Crippen molar-refractivity contribution in [1.29, 1.82) is 0 Å². The number of aliphatic carboxylic acids is 1. The molecule has 17 heavy (non-hydrogen) atoms. The Morgan fingerprint density at radius 1 is 1.47 bits per heavy atom. The van der Waals surface area contributed by atoms with Gasteiger partial charge in [-0.3, -0.25) is 10.1 Å². The monoisotopic (exact) mass is 257 g/mol. The number of carbonyl (C=O) groups is 2. The van der Waals surface area contributed by atoms with Crippen LogP contribution in [0.15, 0.2) is 0 Å². The van der Waals surface area contributed by atoms with Crippen LogP contribution in [0.2, 0.25) is 0 Å². The van der Waals surface area contributed by atoms with Gasteiger partial charge in [0.2, 0.25) is 0 Å². The Morgan fingerprint density at radius 3 is 2.59 bits per heavy atom. The van der Waals surface area contributed by atoms with Gasteiger partial charge in [-0.05, 0) is 20.8 Å². The SMILES string of the molecule is Cc1nc(NC(=O)NC(C)CC(=O)O)sc1C. The first kappa shape index (κ1) is 13.4. The van der Waals surface area contributed by atoms with Gasteiger partial charge in [0.05, 0.1) is 12.1 Å². The first-order chi connectivity index (χ1) is 7.88. The molecule has 6 nitrogen and oxygen atoms in total. The number of hydrogen-bond donors (Lipinski definition) is 3. The smallest absolute Gasteiger partial charge is 0.321 e. The molecule has 1 aromatic heterocycles. The number of aryl methyl sites for hydroxylation is 2. The molecule has 0 saturated heterocycles. The van der Waals surface area contributed by atoms with Crippen molar-refractivity contribution in [3.8, 4) is 0 Å². The van der Waals surface area contributed by atoms with Crippen molar-refractivity contribution in [3.63, 3.8) is 0 Å². The molecule has 0 aliphatic rings. The average molecular weight is 257 g/mol. The lowest BCUT2D eigenvalue weighted by atomic mass is 10.2. The second-order valence-electron chi connectivity index (χ2n) is 3.76. The normalized spacial score (nSPS) is 11.9. The molecule has 1 rings (SSSR count). The van der Waals surface area contributed by atoms with Crippen LogP contribution < -0.4 is 10.6 Å². The molecular formula is C10H15N3O3S. The lowest BCUT2D eigenvalue weighted by molar-refractivity contribution is -0.137. The Bertz CT molecular complexity index is 411. The van der Waals surface area contributed by atoms with E-state index in [1.54, 1.807) is 6.92 Å². The zero-order valence-corrected chi connectivity index (χ0v) is 10.7. The van der Waals surface area contributed by atoms with Crippen LogP contribution >= 0.6 is 11.3 Å². The molecule has 0 fully saturated rings. The van der Waals surface area contributed by atoms with Crippen LogP contribution in [0.25, 0.3) is 0 Å². The van der Waals surface area contributed by atoms with E-state index in [1.807, 2.05) is 13.8 Å². The van der Waals surface area contributed by atoms with Crippen LogP contribution in [-0.4, -0.2) is 28.1 Å². The number of thiazole rings is 1. The van der Waals surface area contributed by atoms with Crippen LogP contribution in [0.4, 0.5) is 9.93 Å². The van der Waals surface area contributed by atoms with Crippen molar-refractivity contribution in [2.24, 2.45) is 0 Å². The Morgan fingerprint density at radius 2 is 2.12 bits per heavy atom. The fourth-order valence-corrected chi connectivity index (χ4v) is 2.01. The maximum atomic E-state index is 11.5. The van der Waals surface area contributed by atoms with Gasteiger partial charge in [0, 0.05) is 10.9 Å². The number of nitrogens with one attached hydrogen (secondary N) is 2. The average Bonchev–Trinajstić information content (AvgIpc) is 2.43. The summed E-state index contributed by atoms with van der Waals surface area (Å²) >= 11 is 1.38. The largest absolute Gasteiger partial charge is 0.481 e. The van der Waals surface area contributed by atoms with Crippen LogP contribution in [0, 0.1) is 13.8 Å². The van der Waals surface area contributed by atoms with E-state index in [2.05, 4.69) is 15.6 Å². The molecule has 1 heterocycles. The minimum atomic E-state index is -0.946. The van der Waals surface area contributed by atoms with Crippen LogP contribution in [0.5, 0.6) is 0 Å². The molecule has 1 atom stereocenters. The van der Waals surface area contributed by atoms with E-state index in [0.29, 0.717) is 5.13 Å². The minimum absolute atomic E-state index is 0.108. The van der Waals surface area contributed by atoms with Crippen molar-refractivity contribution < 1.29 is 14.7 Å². The molecule has 0 aliphatic carbocycles.